The average molecular weight is 218 g/mol. The van der Waals surface area contributed by atoms with Crippen LogP contribution in [0.1, 0.15) is 5.82 Å². The molecule has 1 heterocycles. The predicted molar refractivity (Wildman–Crippen MR) is 61.1 cm³/mol. The van der Waals surface area contributed by atoms with Gasteiger partial charge in [0.15, 0.2) is 0 Å². The first-order chi connectivity index (χ1) is 7.31. The van der Waals surface area contributed by atoms with Crippen LogP contribution < -0.4 is 0 Å². The molecule has 3 nitrogen and oxygen atoms in total. The standard InChI is InChI=1S/C11H10N2OS/c1-8-12-10-5-3-2-4-9(10)11(13-8)15-7-6-14/h2-6H,7H2,1H3. The van der Waals surface area contributed by atoms with Crippen LogP contribution in [0.4, 0.5) is 0 Å². The van der Waals surface area contributed by atoms with Gasteiger partial charge in [-0.2, -0.15) is 0 Å². The number of carbonyl (C=O) groups is 1. The highest BCUT2D eigenvalue weighted by molar-refractivity contribution is 8.00. The lowest BCUT2D eigenvalue weighted by molar-refractivity contribution is -0.105. The zero-order valence-corrected chi connectivity index (χ0v) is 9.12. The van der Waals surface area contributed by atoms with E-state index in [1.807, 2.05) is 31.2 Å². The Morgan fingerprint density at radius 3 is 2.93 bits per heavy atom. The van der Waals surface area contributed by atoms with E-state index in [9.17, 15) is 4.79 Å². The van der Waals surface area contributed by atoms with E-state index in [2.05, 4.69) is 9.97 Å². The molecule has 0 aliphatic heterocycles. The van der Waals surface area contributed by atoms with Crippen molar-refractivity contribution in [1.29, 1.82) is 0 Å². The van der Waals surface area contributed by atoms with Gasteiger partial charge in [-0.15, -0.1) is 0 Å². The van der Waals surface area contributed by atoms with E-state index in [0.717, 1.165) is 28.0 Å². The molecule has 0 saturated carbocycles. The van der Waals surface area contributed by atoms with E-state index >= 15 is 0 Å². The van der Waals surface area contributed by atoms with Crippen molar-refractivity contribution in [1.82, 2.24) is 9.97 Å². The van der Waals surface area contributed by atoms with Crippen LogP contribution in [0.25, 0.3) is 10.9 Å². The number of hydrogen-bond acceptors (Lipinski definition) is 4. The van der Waals surface area contributed by atoms with Gasteiger partial charge >= 0.3 is 0 Å². The molecule has 0 radical (unpaired) electrons. The molecule has 1 aromatic heterocycles. The molecule has 0 aliphatic carbocycles. The van der Waals surface area contributed by atoms with Crippen molar-refractivity contribution in [3.8, 4) is 0 Å². The summed E-state index contributed by atoms with van der Waals surface area (Å²) >= 11 is 1.44. The molecule has 0 atom stereocenters. The lowest BCUT2D eigenvalue weighted by Crippen LogP contribution is -1.93. The van der Waals surface area contributed by atoms with Gasteiger partial charge in [-0.1, -0.05) is 30.0 Å². The topological polar surface area (TPSA) is 42.9 Å². The van der Waals surface area contributed by atoms with Gasteiger partial charge in [-0.25, -0.2) is 9.97 Å². The zero-order chi connectivity index (χ0) is 10.7. The summed E-state index contributed by atoms with van der Waals surface area (Å²) in [7, 11) is 0. The monoisotopic (exact) mass is 218 g/mol. The quantitative estimate of drug-likeness (QED) is 0.450. The van der Waals surface area contributed by atoms with Crippen molar-refractivity contribution in [3.63, 3.8) is 0 Å². The number of para-hydroxylation sites is 1. The summed E-state index contributed by atoms with van der Waals surface area (Å²) in [5, 5.41) is 1.89. The number of thioether (sulfide) groups is 1. The molecule has 2 rings (SSSR count). The third-order valence-electron chi connectivity index (χ3n) is 1.97. The third-order valence-corrected chi connectivity index (χ3v) is 2.86. The summed E-state index contributed by atoms with van der Waals surface area (Å²) in [5.74, 6) is 1.17. The van der Waals surface area contributed by atoms with Gasteiger partial charge in [0.2, 0.25) is 0 Å². The molecule has 2 aromatic rings. The maximum atomic E-state index is 10.3. The van der Waals surface area contributed by atoms with Crippen molar-refractivity contribution in [3.05, 3.63) is 30.1 Å². The SMILES string of the molecule is Cc1nc(SCC=O)c2ccccc2n1. The van der Waals surface area contributed by atoms with Crippen LogP contribution in [0.5, 0.6) is 0 Å². The normalized spacial score (nSPS) is 10.5. The van der Waals surface area contributed by atoms with Crippen LogP contribution in [0, 0.1) is 6.92 Å². The van der Waals surface area contributed by atoms with Crippen LogP contribution in [0.3, 0.4) is 0 Å². The largest absolute Gasteiger partial charge is 0.302 e. The van der Waals surface area contributed by atoms with Crippen molar-refractivity contribution < 1.29 is 4.79 Å². The Balaban J connectivity index is 2.55. The van der Waals surface area contributed by atoms with Gasteiger partial charge < -0.3 is 4.79 Å². The summed E-state index contributed by atoms with van der Waals surface area (Å²) in [5.41, 5.74) is 0.929. The molecule has 0 fully saturated rings. The molecule has 0 unspecified atom stereocenters. The van der Waals surface area contributed by atoms with Crippen molar-refractivity contribution in [2.75, 3.05) is 5.75 Å². The van der Waals surface area contributed by atoms with Crippen LogP contribution in [0.2, 0.25) is 0 Å². The smallest absolute Gasteiger partial charge is 0.130 e. The third kappa shape index (κ3) is 2.15. The molecular weight excluding hydrogens is 208 g/mol. The Bertz CT molecular complexity index is 499. The first-order valence-electron chi connectivity index (χ1n) is 4.61. The zero-order valence-electron chi connectivity index (χ0n) is 8.30. The highest BCUT2D eigenvalue weighted by atomic mass is 32.2. The number of carbonyl (C=O) groups excluding carboxylic acids is 1. The molecule has 15 heavy (non-hydrogen) atoms. The maximum absolute atomic E-state index is 10.3. The molecular formula is C11H10N2OS. The number of fused-ring (bicyclic) bond motifs is 1. The minimum absolute atomic E-state index is 0.431. The van der Waals surface area contributed by atoms with Gasteiger partial charge in [0.25, 0.3) is 0 Å². The number of aryl methyl sites for hydroxylation is 1. The second-order valence-corrected chi connectivity index (χ2v) is 4.08. The fourth-order valence-electron chi connectivity index (χ4n) is 1.38. The Labute approximate surface area is 91.9 Å². The van der Waals surface area contributed by atoms with Gasteiger partial charge in [-0.3, -0.25) is 0 Å². The number of nitrogens with zero attached hydrogens (tertiary/aromatic N) is 2. The number of benzene rings is 1. The van der Waals surface area contributed by atoms with Gasteiger partial charge in [0.1, 0.15) is 17.1 Å². The predicted octanol–water partition coefficient (Wildman–Crippen LogP) is 2.23. The van der Waals surface area contributed by atoms with Crippen LogP contribution in [-0.4, -0.2) is 22.0 Å². The molecule has 0 saturated heterocycles. The van der Waals surface area contributed by atoms with Crippen molar-refractivity contribution >= 4 is 29.0 Å². The number of hydrogen-bond donors (Lipinski definition) is 0. The number of aldehydes is 1. The van der Waals surface area contributed by atoms with Gasteiger partial charge in [0.05, 0.1) is 11.3 Å². The Kier molecular flexibility index (Phi) is 2.97. The van der Waals surface area contributed by atoms with Crippen LogP contribution in [0.15, 0.2) is 29.3 Å². The Morgan fingerprint density at radius 1 is 1.33 bits per heavy atom. The van der Waals surface area contributed by atoms with Gasteiger partial charge in [0, 0.05) is 5.39 Å². The number of rotatable bonds is 3. The molecule has 4 heteroatoms. The minimum atomic E-state index is 0.431. The lowest BCUT2D eigenvalue weighted by atomic mass is 10.2. The molecule has 76 valence electrons. The summed E-state index contributed by atoms with van der Waals surface area (Å²) in [6, 6.07) is 7.83. The fourth-order valence-corrected chi connectivity index (χ4v) is 2.13. The summed E-state index contributed by atoms with van der Waals surface area (Å²) in [4.78, 5) is 19.0. The molecule has 0 bridgehead atoms. The highest BCUT2D eigenvalue weighted by Gasteiger charge is 2.04. The molecule has 1 aromatic carbocycles. The van der Waals surface area contributed by atoms with Crippen LogP contribution in [-0.2, 0) is 4.79 Å². The first-order valence-corrected chi connectivity index (χ1v) is 5.59. The molecule has 0 aliphatic rings. The summed E-state index contributed by atoms with van der Waals surface area (Å²) in [6.45, 7) is 1.86. The summed E-state index contributed by atoms with van der Waals surface area (Å²) < 4.78 is 0. The van der Waals surface area contributed by atoms with Crippen LogP contribution >= 0.6 is 11.8 Å². The average Bonchev–Trinajstić information content (AvgIpc) is 2.25. The van der Waals surface area contributed by atoms with Crippen molar-refractivity contribution in [2.45, 2.75) is 11.9 Å². The second kappa shape index (κ2) is 4.40. The van der Waals surface area contributed by atoms with E-state index in [0.29, 0.717) is 5.75 Å². The fraction of sp³-hybridized carbons (Fsp3) is 0.182. The lowest BCUT2D eigenvalue weighted by Gasteiger charge is -2.04. The van der Waals surface area contributed by atoms with Gasteiger partial charge in [-0.05, 0) is 13.0 Å². The highest BCUT2D eigenvalue weighted by Crippen LogP contribution is 2.24. The molecule has 0 N–H and O–H groups in total. The minimum Gasteiger partial charge on any atom is -0.302 e. The summed E-state index contributed by atoms with van der Waals surface area (Å²) in [6.07, 6.45) is 0.886. The van der Waals surface area contributed by atoms with E-state index in [1.165, 1.54) is 11.8 Å². The maximum Gasteiger partial charge on any atom is 0.130 e. The van der Waals surface area contributed by atoms with E-state index < -0.39 is 0 Å². The first kappa shape index (κ1) is 10.1. The molecule has 0 spiro atoms. The second-order valence-electron chi connectivity index (χ2n) is 3.07. The van der Waals surface area contributed by atoms with E-state index in [1.54, 1.807) is 0 Å². The van der Waals surface area contributed by atoms with E-state index in [4.69, 9.17) is 0 Å². The number of aromatic nitrogens is 2. The Hall–Kier alpha value is -1.42. The van der Waals surface area contributed by atoms with Crippen molar-refractivity contribution in [2.24, 2.45) is 0 Å². The van der Waals surface area contributed by atoms with E-state index in [-0.39, 0.29) is 0 Å². The molecule has 0 amide bonds. The Morgan fingerprint density at radius 2 is 2.13 bits per heavy atom.